The molecule has 1 fully saturated rings. The first-order valence-corrected chi connectivity index (χ1v) is 8.16. The summed E-state index contributed by atoms with van der Waals surface area (Å²) in [6.07, 6.45) is 3.86. The minimum absolute atomic E-state index is 0. The Morgan fingerprint density at radius 3 is 2.69 bits per heavy atom. The van der Waals surface area contributed by atoms with Gasteiger partial charge in [0.2, 0.25) is 0 Å². The first kappa shape index (κ1) is 14.8. The summed E-state index contributed by atoms with van der Waals surface area (Å²) in [6, 6.07) is 5.12. The van der Waals surface area contributed by atoms with Crippen molar-refractivity contribution in [1.82, 2.24) is 5.32 Å². The lowest BCUT2D eigenvalue weighted by Gasteiger charge is -2.22. The van der Waals surface area contributed by atoms with Gasteiger partial charge in [0.05, 0.1) is 3.79 Å². The van der Waals surface area contributed by atoms with Gasteiger partial charge in [0.25, 0.3) is 0 Å². The van der Waals surface area contributed by atoms with Gasteiger partial charge in [0.1, 0.15) is 0 Å². The molecule has 1 nitrogen and oxygen atoms in total. The van der Waals surface area contributed by atoms with E-state index >= 15 is 0 Å². The lowest BCUT2D eigenvalue weighted by atomic mass is 10.1. The van der Waals surface area contributed by atoms with E-state index in [0.717, 1.165) is 12.6 Å². The Kier molecular flexibility index (Phi) is 7.40. The first-order valence-electron chi connectivity index (χ1n) is 5.40. The van der Waals surface area contributed by atoms with Gasteiger partial charge < -0.3 is 5.32 Å². The fourth-order valence-electron chi connectivity index (χ4n) is 1.79. The van der Waals surface area contributed by atoms with E-state index < -0.39 is 0 Å². The molecule has 2 heterocycles. The fourth-order valence-corrected chi connectivity index (χ4v) is 4.38. The molecular weight excluding hydrogens is 326 g/mol. The second-order valence-corrected chi connectivity index (χ2v) is 7.57. The Morgan fingerprint density at radius 1 is 1.31 bits per heavy atom. The second-order valence-electron chi connectivity index (χ2n) is 3.80. The molecule has 1 aromatic heterocycles. The average molecular weight is 343 g/mol. The van der Waals surface area contributed by atoms with E-state index in [1.807, 2.05) is 11.3 Å². The molecule has 0 unspecified atom stereocenters. The summed E-state index contributed by atoms with van der Waals surface area (Å²) in [6.45, 7) is 1.13. The van der Waals surface area contributed by atoms with Crippen molar-refractivity contribution in [2.24, 2.45) is 0 Å². The highest BCUT2D eigenvalue weighted by Gasteiger charge is 2.12. The molecule has 92 valence electrons. The maximum atomic E-state index is 3.66. The van der Waals surface area contributed by atoms with E-state index in [2.05, 4.69) is 45.1 Å². The number of nitrogens with one attached hydrogen (secondary N) is 1. The van der Waals surface area contributed by atoms with Crippen LogP contribution in [0.2, 0.25) is 0 Å². The van der Waals surface area contributed by atoms with Crippen LogP contribution in [0.5, 0.6) is 0 Å². The minimum atomic E-state index is 0. The quantitative estimate of drug-likeness (QED) is 0.889. The van der Waals surface area contributed by atoms with Crippen LogP contribution < -0.4 is 5.32 Å². The van der Waals surface area contributed by atoms with Crippen molar-refractivity contribution in [2.45, 2.75) is 25.3 Å². The van der Waals surface area contributed by atoms with Crippen molar-refractivity contribution in [3.05, 3.63) is 20.8 Å². The van der Waals surface area contributed by atoms with Crippen LogP contribution in [0.1, 0.15) is 17.7 Å². The number of hydrogen-bond acceptors (Lipinski definition) is 3. The molecule has 2 rings (SSSR count). The fraction of sp³-hybridized carbons (Fsp3) is 0.636. The van der Waals surface area contributed by atoms with Gasteiger partial charge in [0.15, 0.2) is 0 Å². The number of hydrogen-bond donors (Lipinski definition) is 1. The van der Waals surface area contributed by atoms with Gasteiger partial charge in [-0.3, -0.25) is 0 Å². The van der Waals surface area contributed by atoms with Crippen molar-refractivity contribution in [1.29, 1.82) is 0 Å². The maximum absolute atomic E-state index is 3.66. The number of thiophene rings is 1. The van der Waals surface area contributed by atoms with Crippen LogP contribution >= 0.6 is 51.4 Å². The Labute approximate surface area is 120 Å². The van der Waals surface area contributed by atoms with E-state index in [1.54, 1.807) is 0 Å². The molecule has 1 aliphatic rings. The van der Waals surface area contributed by atoms with Crippen LogP contribution in [0, 0.1) is 0 Å². The molecular formula is C11H17BrClNS2. The van der Waals surface area contributed by atoms with Crippen molar-refractivity contribution < 1.29 is 0 Å². The van der Waals surface area contributed by atoms with Crippen molar-refractivity contribution in [2.75, 3.05) is 18.1 Å². The summed E-state index contributed by atoms with van der Waals surface area (Å²) >= 11 is 7.43. The molecule has 1 aromatic rings. The summed E-state index contributed by atoms with van der Waals surface area (Å²) in [7, 11) is 0. The number of halogens is 2. The zero-order valence-corrected chi connectivity index (χ0v) is 13.1. The third-order valence-electron chi connectivity index (χ3n) is 2.65. The van der Waals surface area contributed by atoms with Crippen LogP contribution in [0.3, 0.4) is 0 Å². The highest BCUT2D eigenvalue weighted by atomic mass is 79.9. The van der Waals surface area contributed by atoms with Crippen LogP contribution in [-0.2, 0) is 6.42 Å². The van der Waals surface area contributed by atoms with Gasteiger partial charge in [0, 0.05) is 17.5 Å². The SMILES string of the molecule is Brc1ccc(CCNC2CCSCC2)s1.Cl. The van der Waals surface area contributed by atoms with Gasteiger partial charge in [-0.1, -0.05) is 0 Å². The van der Waals surface area contributed by atoms with Crippen LogP contribution in [0.15, 0.2) is 15.9 Å². The lowest BCUT2D eigenvalue weighted by molar-refractivity contribution is 0.487. The zero-order chi connectivity index (χ0) is 10.5. The van der Waals surface area contributed by atoms with Gasteiger partial charge in [-0.25, -0.2) is 0 Å². The third-order valence-corrected chi connectivity index (χ3v) is 5.39. The van der Waals surface area contributed by atoms with E-state index in [4.69, 9.17) is 0 Å². The summed E-state index contributed by atoms with van der Waals surface area (Å²) in [5.41, 5.74) is 0. The minimum Gasteiger partial charge on any atom is -0.314 e. The lowest BCUT2D eigenvalue weighted by Crippen LogP contribution is -2.33. The normalized spacial score (nSPS) is 17.1. The molecule has 0 atom stereocenters. The standard InChI is InChI=1S/C11H16BrNS2.ClH/c12-11-2-1-10(15-11)3-6-13-9-4-7-14-8-5-9;/h1-2,9,13H,3-8H2;1H. The number of thioether (sulfide) groups is 1. The molecule has 1 saturated heterocycles. The molecule has 0 radical (unpaired) electrons. The smallest absolute Gasteiger partial charge is 0.0701 e. The van der Waals surface area contributed by atoms with Gasteiger partial charge in [-0.2, -0.15) is 11.8 Å². The van der Waals surface area contributed by atoms with E-state index in [-0.39, 0.29) is 12.4 Å². The van der Waals surface area contributed by atoms with Gasteiger partial charge in [-0.15, -0.1) is 23.7 Å². The molecule has 0 bridgehead atoms. The van der Waals surface area contributed by atoms with Crippen LogP contribution in [0.25, 0.3) is 0 Å². The van der Waals surface area contributed by atoms with E-state index in [0.29, 0.717) is 0 Å². The molecule has 5 heteroatoms. The second kappa shape index (κ2) is 7.98. The van der Waals surface area contributed by atoms with Gasteiger partial charge >= 0.3 is 0 Å². The first-order chi connectivity index (χ1) is 7.34. The number of rotatable bonds is 4. The molecule has 0 spiro atoms. The predicted octanol–water partition coefficient (Wildman–Crippen LogP) is 3.96. The van der Waals surface area contributed by atoms with E-state index in [9.17, 15) is 0 Å². The summed E-state index contributed by atoms with van der Waals surface area (Å²) < 4.78 is 1.24. The Morgan fingerprint density at radius 2 is 2.06 bits per heavy atom. The van der Waals surface area contributed by atoms with Crippen LogP contribution in [0.4, 0.5) is 0 Å². The summed E-state index contributed by atoms with van der Waals surface area (Å²) in [5, 5.41) is 3.66. The third kappa shape index (κ3) is 4.96. The Hall–Kier alpha value is 0.780. The maximum Gasteiger partial charge on any atom is 0.0701 e. The molecule has 1 N–H and O–H groups in total. The predicted molar refractivity (Wildman–Crippen MR) is 81.3 cm³/mol. The molecule has 16 heavy (non-hydrogen) atoms. The molecule has 0 aliphatic carbocycles. The molecule has 0 amide bonds. The molecule has 0 saturated carbocycles. The largest absolute Gasteiger partial charge is 0.314 e. The van der Waals surface area contributed by atoms with E-state index in [1.165, 1.54) is 39.4 Å². The molecule has 0 aromatic carbocycles. The summed E-state index contributed by atoms with van der Waals surface area (Å²) in [4.78, 5) is 1.47. The van der Waals surface area contributed by atoms with Crippen molar-refractivity contribution >= 4 is 51.4 Å². The zero-order valence-electron chi connectivity index (χ0n) is 9.08. The Balaban J connectivity index is 0.00000128. The Bertz CT molecular complexity index is 300. The van der Waals surface area contributed by atoms with Crippen LogP contribution in [-0.4, -0.2) is 24.1 Å². The highest BCUT2D eigenvalue weighted by molar-refractivity contribution is 9.11. The van der Waals surface area contributed by atoms with Crippen molar-refractivity contribution in [3.8, 4) is 0 Å². The highest BCUT2D eigenvalue weighted by Crippen LogP contribution is 2.22. The molecule has 1 aliphatic heterocycles. The summed E-state index contributed by atoms with van der Waals surface area (Å²) in [5.74, 6) is 2.67. The topological polar surface area (TPSA) is 12.0 Å². The average Bonchev–Trinajstić information content (AvgIpc) is 2.66. The van der Waals surface area contributed by atoms with Crippen molar-refractivity contribution in [3.63, 3.8) is 0 Å². The van der Waals surface area contributed by atoms with Gasteiger partial charge in [-0.05, 0) is 58.8 Å². The monoisotopic (exact) mass is 341 g/mol.